The highest BCUT2D eigenvalue weighted by atomic mass is 32.2. The van der Waals surface area contributed by atoms with Crippen LogP contribution < -0.4 is 5.32 Å². The molecule has 3 aliphatic heterocycles. The predicted molar refractivity (Wildman–Crippen MR) is 124 cm³/mol. The Balaban J connectivity index is 1.41. The van der Waals surface area contributed by atoms with Crippen molar-refractivity contribution in [3.05, 3.63) is 24.3 Å². The van der Waals surface area contributed by atoms with Gasteiger partial charge in [-0.05, 0) is 44.7 Å². The number of nitrogens with one attached hydrogen (secondary N) is 1. The van der Waals surface area contributed by atoms with Crippen LogP contribution in [-0.2, 0) is 25.8 Å². The maximum atomic E-state index is 13.6. The zero-order chi connectivity index (χ0) is 23.9. The molecular formula is C23H29N5O5S. The number of para-hydroxylation sites is 1. The Morgan fingerprint density at radius 3 is 2.94 bits per heavy atom. The number of carbonyl (C=O) groups excluding carboxylic acids is 3. The number of carbonyl (C=O) groups is 3. The molecule has 3 fully saturated rings. The molecule has 0 aliphatic carbocycles. The summed E-state index contributed by atoms with van der Waals surface area (Å²) in [5, 5.41) is 20.4. The number of hydrogen-bond acceptors (Lipinski definition) is 8. The number of hydrogen-bond donors (Lipinski definition) is 2. The van der Waals surface area contributed by atoms with E-state index in [2.05, 4.69) is 15.6 Å². The molecule has 0 radical (unpaired) electrons. The van der Waals surface area contributed by atoms with Gasteiger partial charge in [0, 0.05) is 18.4 Å². The van der Waals surface area contributed by atoms with Gasteiger partial charge >= 0.3 is 5.97 Å². The fourth-order valence-electron chi connectivity index (χ4n) is 5.88. The molecule has 11 heteroatoms. The highest BCUT2D eigenvalue weighted by Gasteiger charge is 2.73. The molecule has 2 N–H and O–H groups in total. The number of esters is 1. The molecule has 1 aromatic carbocycles. The largest absolute Gasteiger partial charge is 0.466 e. The molecule has 5 rings (SSSR count). The zero-order valence-corrected chi connectivity index (χ0v) is 19.9. The molecule has 182 valence electrons. The number of benzene rings is 1. The lowest BCUT2D eigenvalue weighted by Gasteiger charge is -2.34. The maximum Gasteiger partial charge on any atom is 0.310 e. The van der Waals surface area contributed by atoms with E-state index in [-0.39, 0.29) is 42.9 Å². The molecule has 5 atom stereocenters. The molecule has 0 saturated carbocycles. The molecule has 3 saturated heterocycles. The van der Waals surface area contributed by atoms with E-state index in [0.717, 1.165) is 17.5 Å². The van der Waals surface area contributed by atoms with Crippen LogP contribution in [0.2, 0.25) is 0 Å². The van der Waals surface area contributed by atoms with Gasteiger partial charge in [0.15, 0.2) is 0 Å². The van der Waals surface area contributed by atoms with Gasteiger partial charge in [0.2, 0.25) is 11.8 Å². The Morgan fingerprint density at radius 1 is 1.32 bits per heavy atom. The van der Waals surface area contributed by atoms with E-state index in [1.165, 1.54) is 0 Å². The van der Waals surface area contributed by atoms with Crippen molar-refractivity contribution < 1.29 is 24.2 Å². The van der Waals surface area contributed by atoms with Gasteiger partial charge in [-0.1, -0.05) is 17.3 Å². The van der Waals surface area contributed by atoms with Gasteiger partial charge in [0.05, 0.1) is 28.7 Å². The highest BCUT2D eigenvalue weighted by molar-refractivity contribution is 8.02. The summed E-state index contributed by atoms with van der Waals surface area (Å²) < 4.78 is 6.30. The lowest BCUT2D eigenvalue weighted by Crippen LogP contribution is -2.53. The van der Waals surface area contributed by atoms with Crippen molar-refractivity contribution in [1.29, 1.82) is 0 Å². The average Bonchev–Trinajstić information content (AvgIpc) is 3.57. The zero-order valence-electron chi connectivity index (χ0n) is 19.1. The molecule has 2 amide bonds. The number of nitrogens with zero attached hydrogens (tertiary/aromatic N) is 4. The van der Waals surface area contributed by atoms with Crippen LogP contribution in [0.4, 0.5) is 0 Å². The normalized spacial score (nSPS) is 29.6. The van der Waals surface area contributed by atoms with Crippen molar-refractivity contribution >= 4 is 40.6 Å². The van der Waals surface area contributed by atoms with Gasteiger partial charge in [-0.15, -0.1) is 16.9 Å². The van der Waals surface area contributed by atoms with Gasteiger partial charge in [-0.2, -0.15) is 0 Å². The van der Waals surface area contributed by atoms with E-state index in [0.29, 0.717) is 25.8 Å². The van der Waals surface area contributed by atoms with E-state index in [1.807, 2.05) is 24.3 Å². The predicted octanol–water partition coefficient (Wildman–Crippen LogP) is 0.932. The Labute approximate surface area is 201 Å². The first-order chi connectivity index (χ1) is 16.5. The molecule has 2 bridgehead atoms. The van der Waals surface area contributed by atoms with Gasteiger partial charge < -0.3 is 20.1 Å². The minimum atomic E-state index is -0.687. The molecule has 3 aliphatic rings. The van der Waals surface area contributed by atoms with Gasteiger partial charge in [-0.25, -0.2) is 4.68 Å². The number of unbranched alkanes of at least 4 members (excludes halogenated alkanes) is 1. The number of aromatic nitrogens is 3. The summed E-state index contributed by atoms with van der Waals surface area (Å²) in [5.41, 5.74) is 1.54. The number of likely N-dealkylation sites (tertiary alicyclic amines) is 1. The topological polar surface area (TPSA) is 127 Å². The molecule has 2 aromatic rings. The van der Waals surface area contributed by atoms with E-state index >= 15 is 0 Å². The Bertz CT molecular complexity index is 1110. The first-order valence-electron chi connectivity index (χ1n) is 11.8. The minimum Gasteiger partial charge on any atom is -0.466 e. The van der Waals surface area contributed by atoms with Crippen LogP contribution in [0, 0.1) is 11.8 Å². The second-order valence-corrected chi connectivity index (χ2v) is 10.6. The molecule has 1 aromatic heterocycles. The summed E-state index contributed by atoms with van der Waals surface area (Å²) in [4.78, 5) is 41.7. The molecule has 10 nitrogen and oxygen atoms in total. The van der Waals surface area contributed by atoms with Crippen LogP contribution in [-0.4, -0.2) is 78.6 Å². The van der Waals surface area contributed by atoms with Gasteiger partial charge in [0.25, 0.3) is 0 Å². The van der Waals surface area contributed by atoms with Crippen molar-refractivity contribution in [2.75, 3.05) is 19.8 Å². The monoisotopic (exact) mass is 487 g/mol. The van der Waals surface area contributed by atoms with Gasteiger partial charge in [-0.3, -0.25) is 14.4 Å². The molecule has 4 heterocycles. The third-order valence-corrected chi connectivity index (χ3v) is 9.19. The smallest absolute Gasteiger partial charge is 0.310 e. The van der Waals surface area contributed by atoms with Crippen LogP contribution in [0.1, 0.15) is 32.6 Å². The third-order valence-electron chi connectivity index (χ3n) is 7.24. The highest BCUT2D eigenvalue weighted by Crippen LogP contribution is 2.66. The van der Waals surface area contributed by atoms with Crippen LogP contribution in [0.5, 0.6) is 0 Å². The van der Waals surface area contributed by atoms with Crippen LogP contribution >= 0.6 is 11.8 Å². The number of fused-ring (bicyclic) bond motifs is 2. The van der Waals surface area contributed by atoms with Gasteiger partial charge in [0.1, 0.15) is 18.2 Å². The molecule has 2 unspecified atom stereocenters. The van der Waals surface area contributed by atoms with Crippen LogP contribution in [0.15, 0.2) is 24.3 Å². The first kappa shape index (κ1) is 23.1. The lowest BCUT2D eigenvalue weighted by molar-refractivity contribution is -0.153. The fraction of sp³-hybridized carbons (Fsp3) is 0.609. The molecular weight excluding hydrogens is 458 g/mol. The molecule has 1 spiro atoms. The number of thioether (sulfide) groups is 1. The Hall–Kier alpha value is -2.66. The third kappa shape index (κ3) is 3.56. The summed E-state index contributed by atoms with van der Waals surface area (Å²) in [5.74, 6) is -1.84. The molecule has 34 heavy (non-hydrogen) atoms. The fourth-order valence-corrected chi connectivity index (χ4v) is 8.09. The van der Waals surface area contributed by atoms with Crippen molar-refractivity contribution in [3.63, 3.8) is 0 Å². The summed E-state index contributed by atoms with van der Waals surface area (Å²) >= 11 is 1.61. The number of aliphatic hydroxyl groups excluding tert-OH is 1. The van der Waals surface area contributed by atoms with Crippen LogP contribution in [0.3, 0.4) is 0 Å². The first-order valence-corrected chi connectivity index (χ1v) is 12.7. The summed E-state index contributed by atoms with van der Waals surface area (Å²) in [6.45, 7) is 2.54. The maximum absolute atomic E-state index is 13.6. The van der Waals surface area contributed by atoms with Crippen molar-refractivity contribution in [2.45, 2.75) is 55.3 Å². The number of aliphatic hydroxyl groups is 1. The number of amides is 2. The second-order valence-electron chi connectivity index (χ2n) is 9.05. The van der Waals surface area contributed by atoms with E-state index in [9.17, 15) is 19.5 Å². The quantitative estimate of drug-likeness (QED) is 0.395. The Kier molecular flexibility index (Phi) is 6.24. The summed E-state index contributed by atoms with van der Waals surface area (Å²) in [6, 6.07) is 6.81. The standard InChI is InChI=1S/C23H29N5O5S/c1-2-33-22(32)17-16-9-10-23(34-16)18(17)21(31)27(11-5-6-12-29)19(23)20(30)24-13-28-15-8-4-3-7-14(15)25-26-28/h3-4,7-8,16-19,29H,2,5-6,9-13H2,1H3,(H,24,30)/t16-,17+,18-,19?,23?/m0/s1. The second kappa shape index (κ2) is 9.18. The summed E-state index contributed by atoms with van der Waals surface area (Å²) in [6.07, 6.45) is 2.61. The SMILES string of the molecule is CCOC(=O)[C@@H]1[C@@H]2CCC3(S2)C(C(=O)NCn2nnc4ccccc42)N(CCCCO)C(=O)[C@H]13. The van der Waals surface area contributed by atoms with E-state index in [4.69, 9.17) is 4.74 Å². The Morgan fingerprint density at radius 2 is 2.15 bits per heavy atom. The average molecular weight is 488 g/mol. The van der Waals surface area contributed by atoms with E-state index in [1.54, 1.807) is 28.3 Å². The minimum absolute atomic E-state index is 0.0119. The van der Waals surface area contributed by atoms with Crippen molar-refractivity contribution in [2.24, 2.45) is 11.8 Å². The number of rotatable bonds is 9. The van der Waals surface area contributed by atoms with Crippen LogP contribution in [0.25, 0.3) is 11.0 Å². The van der Waals surface area contributed by atoms with Crippen molar-refractivity contribution in [1.82, 2.24) is 25.2 Å². The number of ether oxygens (including phenoxy) is 1. The van der Waals surface area contributed by atoms with Crippen molar-refractivity contribution in [3.8, 4) is 0 Å². The summed E-state index contributed by atoms with van der Waals surface area (Å²) in [7, 11) is 0. The van der Waals surface area contributed by atoms with E-state index < -0.39 is 22.6 Å². The lowest BCUT2D eigenvalue weighted by atomic mass is 9.71.